The number of fused-ring (bicyclic) bond motifs is 1. The minimum Gasteiger partial charge on any atom is -0.382 e. The van der Waals surface area contributed by atoms with Crippen LogP contribution in [0.3, 0.4) is 0 Å². The first-order valence-corrected chi connectivity index (χ1v) is 7.32. The maximum Gasteiger partial charge on any atom is 0.254 e. The number of hydrogen-bond acceptors (Lipinski definition) is 4. The molecule has 1 aliphatic rings. The average molecular weight is 300 g/mol. The van der Waals surface area contributed by atoms with Gasteiger partial charge in [-0.2, -0.15) is 0 Å². The molecule has 6 nitrogen and oxygen atoms in total. The molecule has 1 atom stereocenters. The summed E-state index contributed by atoms with van der Waals surface area (Å²) >= 11 is 0. The van der Waals surface area contributed by atoms with Gasteiger partial charge in [0.1, 0.15) is 0 Å². The number of amides is 1. The van der Waals surface area contributed by atoms with Crippen molar-refractivity contribution in [3.63, 3.8) is 0 Å². The first kappa shape index (κ1) is 14.7. The number of hydrogen-bond donors (Lipinski definition) is 0. The molecule has 0 fully saturated rings. The van der Waals surface area contributed by atoms with Crippen LogP contribution in [0.4, 0.5) is 0 Å². The molecule has 116 valence electrons. The van der Waals surface area contributed by atoms with Gasteiger partial charge < -0.3 is 14.2 Å². The molecule has 0 bridgehead atoms. The van der Waals surface area contributed by atoms with E-state index in [9.17, 15) is 4.79 Å². The van der Waals surface area contributed by atoms with Crippen molar-refractivity contribution in [2.45, 2.75) is 26.4 Å². The summed E-state index contributed by atoms with van der Waals surface area (Å²) < 4.78 is 7.38. The molecule has 2 aromatic rings. The Balaban J connectivity index is 1.87. The van der Waals surface area contributed by atoms with Gasteiger partial charge >= 0.3 is 0 Å². The van der Waals surface area contributed by atoms with E-state index in [1.807, 2.05) is 43.4 Å². The number of rotatable bonds is 3. The van der Waals surface area contributed by atoms with Crippen molar-refractivity contribution in [1.29, 1.82) is 0 Å². The Morgan fingerprint density at radius 1 is 1.36 bits per heavy atom. The molecule has 3 heterocycles. The predicted octanol–water partition coefficient (Wildman–Crippen LogP) is 1.74. The Bertz CT molecular complexity index is 675. The number of ether oxygens (including phenoxy) is 1. The Kier molecular flexibility index (Phi) is 3.94. The normalized spacial score (nSPS) is 17.4. The third-order valence-electron chi connectivity index (χ3n) is 3.90. The molecule has 0 aliphatic carbocycles. The highest BCUT2D eigenvalue weighted by molar-refractivity contribution is 5.94. The number of carbonyl (C=O) groups is 1. The number of imidazole rings is 1. The van der Waals surface area contributed by atoms with Crippen LogP contribution in [0.2, 0.25) is 0 Å². The molecular formula is C16H20N4O2. The molecule has 0 N–H and O–H groups in total. The average Bonchev–Trinajstić information content (AvgIpc) is 2.94. The van der Waals surface area contributed by atoms with Crippen molar-refractivity contribution in [2.75, 3.05) is 20.3 Å². The van der Waals surface area contributed by atoms with E-state index in [-0.39, 0.29) is 11.9 Å². The third-order valence-corrected chi connectivity index (χ3v) is 3.90. The predicted molar refractivity (Wildman–Crippen MR) is 81.6 cm³/mol. The fraction of sp³-hybridized carbons (Fsp3) is 0.438. The van der Waals surface area contributed by atoms with Crippen molar-refractivity contribution in [3.05, 3.63) is 47.3 Å². The summed E-state index contributed by atoms with van der Waals surface area (Å²) in [5, 5.41) is 0. The minimum absolute atomic E-state index is 0.0298. The first-order valence-electron chi connectivity index (χ1n) is 7.32. The zero-order chi connectivity index (χ0) is 15.7. The number of pyridine rings is 1. The van der Waals surface area contributed by atoms with E-state index in [0.717, 1.165) is 17.1 Å². The quantitative estimate of drug-likeness (QED) is 0.866. The van der Waals surface area contributed by atoms with E-state index >= 15 is 0 Å². The van der Waals surface area contributed by atoms with E-state index in [1.165, 1.54) is 0 Å². The van der Waals surface area contributed by atoms with Gasteiger partial charge in [0.05, 0.1) is 31.2 Å². The topological polar surface area (TPSA) is 60.2 Å². The lowest BCUT2D eigenvalue weighted by Crippen LogP contribution is -2.42. The summed E-state index contributed by atoms with van der Waals surface area (Å²) in [6.45, 7) is 5.56. The maximum absolute atomic E-state index is 12.8. The zero-order valence-electron chi connectivity index (χ0n) is 13.1. The monoisotopic (exact) mass is 300 g/mol. The van der Waals surface area contributed by atoms with Crippen LogP contribution in [-0.2, 0) is 11.3 Å². The van der Waals surface area contributed by atoms with Gasteiger partial charge in [0.2, 0.25) is 0 Å². The molecule has 0 unspecified atom stereocenters. The lowest BCUT2D eigenvalue weighted by molar-refractivity contribution is 0.0599. The molecule has 0 radical (unpaired) electrons. The van der Waals surface area contributed by atoms with Gasteiger partial charge in [-0.1, -0.05) is 0 Å². The summed E-state index contributed by atoms with van der Waals surface area (Å²) in [7, 11) is 1.67. The van der Waals surface area contributed by atoms with Crippen molar-refractivity contribution in [1.82, 2.24) is 19.4 Å². The van der Waals surface area contributed by atoms with Crippen LogP contribution in [0.15, 0.2) is 24.7 Å². The van der Waals surface area contributed by atoms with Crippen LogP contribution >= 0.6 is 0 Å². The van der Waals surface area contributed by atoms with Crippen molar-refractivity contribution in [3.8, 4) is 0 Å². The summed E-state index contributed by atoms with van der Waals surface area (Å²) in [5.41, 5.74) is 3.44. The Morgan fingerprint density at radius 2 is 2.09 bits per heavy atom. The van der Waals surface area contributed by atoms with Crippen LogP contribution in [0.5, 0.6) is 0 Å². The Hall–Kier alpha value is -2.21. The molecule has 0 spiro atoms. The van der Waals surface area contributed by atoms with Gasteiger partial charge in [0.15, 0.2) is 0 Å². The van der Waals surface area contributed by atoms with Crippen LogP contribution in [-0.4, -0.2) is 45.6 Å². The molecule has 0 aromatic carbocycles. The number of carbonyl (C=O) groups excluding carboxylic acids is 1. The van der Waals surface area contributed by atoms with Gasteiger partial charge in [-0.15, -0.1) is 0 Å². The number of methoxy groups -OCH3 is 1. The number of aromatic nitrogens is 3. The van der Waals surface area contributed by atoms with Crippen LogP contribution in [0, 0.1) is 13.8 Å². The van der Waals surface area contributed by atoms with Gasteiger partial charge in [-0.25, -0.2) is 4.98 Å². The lowest BCUT2D eigenvalue weighted by Gasteiger charge is -2.34. The second-order valence-corrected chi connectivity index (χ2v) is 5.73. The highest BCUT2D eigenvalue weighted by atomic mass is 16.5. The van der Waals surface area contributed by atoms with E-state index in [4.69, 9.17) is 4.74 Å². The summed E-state index contributed by atoms with van der Waals surface area (Å²) in [6.07, 6.45) is 3.62. The van der Waals surface area contributed by atoms with E-state index in [0.29, 0.717) is 25.3 Å². The zero-order valence-corrected chi connectivity index (χ0v) is 13.1. The van der Waals surface area contributed by atoms with Crippen molar-refractivity contribution < 1.29 is 9.53 Å². The Morgan fingerprint density at radius 3 is 2.77 bits per heavy atom. The molecule has 0 saturated heterocycles. The first-order chi connectivity index (χ1) is 10.6. The van der Waals surface area contributed by atoms with Gasteiger partial charge in [0, 0.05) is 36.8 Å². The van der Waals surface area contributed by atoms with Crippen LogP contribution < -0.4 is 0 Å². The van der Waals surface area contributed by atoms with Crippen LogP contribution in [0.25, 0.3) is 0 Å². The molecule has 22 heavy (non-hydrogen) atoms. The lowest BCUT2D eigenvalue weighted by atomic mass is 10.1. The molecule has 1 amide bonds. The molecule has 1 aliphatic heterocycles. The van der Waals surface area contributed by atoms with Crippen molar-refractivity contribution >= 4 is 5.91 Å². The summed E-state index contributed by atoms with van der Waals surface area (Å²) in [5.74, 6) is 0.0298. The SMILES string of the molecule is COC[C@H]1CN(C(=O)c2cc(C)nc(C)c2)Cc2cncn21. The van der Waals surface area contributed by atoms with Gasteiger partial charge in [0.25, 0.3) is 5.91 Å². The molecule has 6 heteroatoms. The standard InChI is InChI=1S/C16H20N4O2/c1-11-4-13(5-12(2)18-11)16(21)19-7-14-6-17-10-20(14)15(8-19)9-22-3/h4-6,10,15H,7-9H2,1-3H3/t15-/m1/s1. The largest absolute Gasteiger partial charge is 0.382 e. The fourth-order valence-electron chi connectivity index (χ4n) is 3.01. The van der Waals surface area contributed by atoms with Crippen LogP contribution in [0.1, 0.15) is 33.5 Å². The highest BCUT2D eigenvalue weighted by Gasteiger charge is 2.28. The molecule has 3 rings (SSSR count). The fourth-order valence-corrected chi connectivity index (χ4v) is 3.01. The molecule has 2 aromatic heterocycles. The Labute approximate surface area is 129 Å². The summed E-state index contributed by atoms with van der Waals surface area (Å²) in [6, 6.07) is 3.78. The van der Waals surface area contributed by atoms with E-state index in [1.54, 1.807) is 7.11 Å². The van der Waals surface area contributed by atoms with Crippen molar-refractivity contribution in [2.24, 2.45) is 0 Å². The molecule has 0 saturated carbocycles. The maximum atomic E-state index is 12.8. The van der Waals surface area contributed by atoms with Gasteiger partial charge in [-0.3, -0.25) is 9.78 Å². The van der Waals surface area contributed by atoms with E-state index in [2.05, 4.69) is 14.5 Å². The second-order valence-electron chi connectivity index (χ2n) is 5.73. The molecular weight excluding hydrogens is 280 g/mol. The highest BCUT2D eigenvalue weighted by Crippen LogP contribution is 2.23. The number of aryl methyl sites for hydroxylation is 2. The third kappa shape index (κ3) is 2.74. The minimum atomic E-state index is 0.0298. The number of nitrogens with zero attached hydrogens (tertiary/aromatic N) is 4. The summed E-state index contributed by atoms with van der Waals surface area (Å²) in [4.78, 5) is 23.2. The van der Waals surface area contributed by atoms with E-state index < -0.39 is 0 Å². The van der Waals surface area contributed by atoms with Gasteiger partial charge in [-0.05, 0) is 26.0 Å². The smallest absolute Gasteiger partial charge is 0.254 e. The second kappa shape index (κ2) is 5.88.